The monoisotopic (exact) mass is 303 g/mol. The SMILES string of the molecule is CCCOc1ccc(S(=O)(=O)N(C)OC)cc1C(=O)O. The van der Waals surface area contributed by atoms with Crippen LogP contribution in [0.3, 0.4) is 0 Å². The largest absolute Gasteiger partial charge is 0.493 e. The van der Waals surface area contributed by atoms with Crippen LogP contribution in [0.1, 0.15) is 23.7 Å². The van der Waals surface area contributed by atoms with Gasteiger partial charge in [-0.1, -0.05) is 11.4 Å². The van der Waals surface area contributed by atoms with Crippen LogP contribution in [-0.2, 0) is 14.9 Å². The van der Waals surface area contributed by atoms with Crippen molar-refractivity contribution in [2.45, 2.75) is 18.2 Å². The van der Waals surface area contributed by atoms with Crippen molar-refractivity contribution in [3.8, 4) is 5.75 Å². The Morgan fingerprint density at radius 3 is 2.55 bits per heavy atom. The molecule has 0 aliphatic rings. The molecule has 0 fully saturated rings. The molecule has 0 aliphatic heterocycles. The fourth-order valence-electron chi connectivity index (χ4n) is 1.42. The lowest BCUT2D eigenvalue weighted by molar-refractivity contribution is -0.0258. The van der Waals surface area contributed by atoms with Crippen LogP contribution in [0.2, 0.25) is 0 Å². The molecule has 0 heterocycles. The molecule has 1 N–H and O–H groups in total. The molecule has 1 rings (SSSR count). The van der Waals surface area contributed by atoms with Gasteiger partial charge in [-0.05, 0) is 24.6 Å². The maximum absolute atomic E-state index is 12.0. The summed E-state index contributed by atoms with van der Waals surface area (Å²) < 4.78 is 30.0. The van der Waals surface area contributed by atoms with E-state index in [-0.39, 0.29) is 16.2 Å². The lowest BCUT2D eigenvalue weighted by Gasteiger charge is -2.15. The lowest BCUT2D eigenvalue weighted by atomic mass is 10.2. The van der Waals surface area contributed by atoms with Gasteiger partial charge in [0.2, 0.25) is 0 Å². The number of hydroxylamine groups is 1. The van der Waals surface area contributed by atoms with Crippen LogP contribution in [0.4, 0.5) is 0 Å². The second-order valence-electron chi connectivity index (χ2n) is 3.91. The third kappa shape index (κ3) is 3.47. The van der Waals surface area contributed by atoms with Gasteiger partial charge in [0.15, 0.2) is 0 Å². The van der Waals surface area contributed by atoms with Crippen molar-refractivity contribution in [2.24, 2.45) is 0 Å². The zero-order chi connectivity index (χ0) is 15.3. The molecule has 0 aliphatic carbocycles. The maximum atomic E-state index is 12.0. The third-order valence-corrected chi connectivity index (χ3v) is 4.21. The minimum Gasteiger partial charge on any atom is -0.493 e. The van der Waals surface area contributed by atoms with E-state index in [9.17, 15) is 13.2 Å². The molecule has 7 nitrogen and oxygen atoms in total. The number of sulfonamides is 1. The normalized spacial score (nSPS) is 11.6. The van der Waals surface area contributed by atoms with E-state index in [4.69, 9.17) is 9.84 Å². The van der Waals surface area contributed by atoms with Gasteiger partial charge in [-0.3, -0.25) is 4.84 Å². The van der Waals surface area contributed by atoms with Crippen molar-refractivity contribution in [3.05, 3.63) is 23.8 Å². The molecule has 0 atom stereocenters. The predicted molar refractivity (Wildman–Crippen MR) is 71.1 cm³/mol. The summed E-state index contributed by atoms with van der Waals surface area (Å²) in [6.45, 7) is 2.23. The molecule has 1 aromatic carbocycles. The first-order valence-corrected chi connectivity index (χ1v) is 7.31. The third-order valence-electron chi connectivity index (χ3n) is 2.54. The predicted octanol–water partition coefficient (Wildman–Crippen LogP) is 1.36. The molecule has 112 valence electrons. The first-order valence-electron chi connectivity index (χ1n) is 5.87. The van der Waals surface area contributed by atoms with E-state index in [0.717, 1.165) is 6.07 Å². The second kappa shape index (κ2) is 6.69. The number of aromatic carboxylic acids is 1. The summed E-state index contributed by atoms with van der Waals surface area (Å²) in [4.78, 5) is 15.6. The van der Waals surface area contributed by atoms with Crippen LogP contribution in [0.25, 0.3) is 0 Å². The minimum atomic E-state index is -3.89. The average molecular weight is 303 g/mol. The molecule has 8 heteroatoms. The summed E-state index contributed by atoms with van der Waals surface area (Å²) in [6, 6.07) is 3.66. The van der Waals surface area contributed by atoms with Gasteiger partial charge in [0.25, 0.3) is 10.0 Å². The molecule has 0 amide bonds. The van der Waals surface area contributed by atoms with Crippen LogP contribution >= 0.6 is 0 Å². The highest BCUT2D eigenvalue weighted by Crippen LogP contribution is 2.24. The zero-order valence-corrected chi connectivity index (χ0v) is 12.3. The zero-order valence-electron chi connectivity index (χ0n) is 11.5. The highest BCUT2D eigenvalue weighted by molar-refractivity contribution is 7.89. The van der Waals surface area contributed by atoms with Crippen LogP contribution in [0, 0.1) is 0 Å². The Morgan fingerprint density at radius 2 is 2.05 bits per heavy atom. The van der Waals surface area contributed by atoms with Crippen LogP contribution in [0.15, 0.2) is 23.1 Å². The fourth-order valence-corrected chi connectivity index (χ4v) is 2.42. The van der Waals surface area contributed by atoms with Crippen molar-refractivity contribution in [2.75, 3.05) is 20.8 Å². The van der Waals surface area contributed by atoms with Crippen LogP contribution in [0.5, 0.6) is 5.75 Å². The van der Waals surface area contributed by atoms with E-state index in [0.29, 0.717) is 17.5 Å². The molecule has 1 aromatic rings. The summed E-state index contributed by atoms with van der Waals surface area (Å²) in [7, 11) is -1.47. The van der Waals surface area contributed by atoms with Gasteiger partial charge in [-0.2, -0.15) is 0 Å². The number of carboxylic acids is 1. The number of carbonyl (C=O) groups is 1. The minimum absolute atomic E-state index is 0.137. The van der Waals surface area contributed by atoms with Crippen molar-refractivity contribution < 1.29 is 27.9 Å². The van der Waals surface area contributed by atoms with Gasteiger partial charge in [0.1, 0.15) is 11.3 Å². The molecule has 20 heavy (non-hydrogen) atoms. The van der Waals surface area contributed by atoms with Gasteiger partial charge < -0.3 is 9.84 Å². The van der Waals surface area contributed by atoms with E-state index in [2.05, 4.69) is 4.84 Å². The smallest absolute Gasteiger partial charge is 0.339 e. The molecule has 0 saturated heterocycles. The van der Waals surface area contributed by atoms with E-state index in [1.54, 1.807) is 0 Å². The molecular formula is C12H17NO6S. The number of carboxylic acid groups (broad SMARTS) is 1. The summed E-state index contributed by atoms with van der Waals surface area (Å²) in [5.74, 6) is -1.12. The Morgan fingerprint density at radius 1 is 1.40 bits per heavy atom. The number of nitrogens with zero attached hydrogens (tertiary/aromatic N) is 1. The van der Waals surface area contributed by atoms with Crippen molar-refractivity contribution in [3.63, 3.8) is 0 Å². The number of hydrogen-bond donors (Lipinski definition) is 1. The Balaban J connectivity index is 3.27. The van der Waals surface area contributed by atoms with Crippen molar-refractivity contribution in [1.82, 2.24) is 4.47 Å². The number of rotatable bonds is 7. The molecule has 0 aromatic heterocycles. The second-order valence-corrected chi connectivity index (χ2v) is 5.84. The first-order chi connectivity index (χ1) is 9.34. The Hall–Kier alpha value is -1.64. The molecule has 0 saturated carbocycles. The van der Waals surface area contributed by atoms with Gasteiger partial charge in [-0.25, -0.2) is 13.2 Å². The molecular weight excluding hydrogens is 286 g/mol. The standard InChI is InChI=1S/C12H17NO6S/c1-4-7-19-11-6-5-9(8-10(11)12(14)15)20(16,17)13(2)18-3/h5-6,8H,4,7H2,1-3H3,(H,14,15). The van der Waals surface area contributed by atoms with Crippen molar-refractivity contribution in [1.29, 1.82) is 0 Å². The Labute approximate surface area is 117 Å². The Kier molecular flexibility index (Phi) is 5.49. The molecule has 0 radical (unpaired) electrons. The van der Waals surface area contributed by atoms with E-state index in [1.165, 1.54) is 26.3 Å². The number of benzene rings is 1. The lowest BCUT2D eigenvalue weighted by Crippen LogP contribution is -2.26. The maximum Gasteiger partial charge on any atom is 0.339 e. The highest BCUT2D eigenvalue weighted by atomic mass is 32.2. The van der Waals surface area contributed by atoms with Gasteiger partial charge in [-0.15, -0.1) is 0 Å². The van der Waals surface area contributed by atoms with E-state index >= 15 is 0 Å². The molecule has 0 spiro atoms. The van der Waals surface area contributed by atoms with Gasteiger partial charge >= 0.3 is 5.97 Å². The van der Waals surface area contributed by atoms with Gasteiger partial charge in [0.05, 0.1) is 18.6 Å². The summed E-state index contributed by atoms with van der Waals surface area (Å²) in [6.07, 6.45) is 0.714. The highest BCUT2D eigenvalue weighted by Gasteiger charge is 2.23. The summed E-state index contributed by atoms with van der Waals surface area (Å²) in [5, 5.41) is 9.13. The van der Waals surface area contributed by atoms with Gasteiger partial charge in [0, 0.05) is 7.05 Å². The average Bonchev–Trinajstić information content (AvgIpc) is 2.43. The van der Waals surface area contributed by atoms with Crippen molar-refractivity contribution >= 4 is 16.0 Å². The summed E-state index contributed by atoms with van der Waals surface area (Å²) in [5.41, 5.74) is -0.205. The fraction of sp³-hybridized carbons (Fsp3) is 0.417. The van der Waals surface area contributed by atoms with Crippen LogP contribution in [-0.4, -0.2) is 44.7 Å². The number of ether oxygens (including phenoxy) is 1. The quantitative estimate of drug-likeness (QED) is 0.764. The van der Waals surface area contributed by atoms with E-state index < -0.39 is 16.0 Å². The molecule has 0 unspecified atom stereocenters. The first kappa shape index (κ1) is 16.4. The van der Waals surface area contributed by atoms with E-state index in [1.807, 2.05) is 6.92 Å². The Bertz CT molecular complexity index is 584. The van der Waals surface area contributed by atoms with Crippen LogP contribution < -0.4 is 4.74 Å². The number of hydrogen-bond acceptors (Lipinski definition) is 5. The molecule has 0 bridgehead atoms. The topological polar surface area (TPSA) is 93.1 Å². The summed E-state index contributed by atoms with van der Waals surface area (Å²) >= 11 is 0.